The van der Waals surface area contributed by atoms with Crippen molar-refractivity contribution in [3.05, 3.63) is 224 Å². The molecule has 59 heavy (non-hydrogen) atoms. The average Bonchev–Trinajstić information content (AvgIpc) is 3.31. The summed E-state index contributed by atoms with van der Waals surface area (Å²) in [6, 6.07) is 82.8. The van der Waals surface area contributed by atoms with Gasteiger partial charge in [0.1, 0.15) is 0 Å². The molecule has 0 aliphatic heterocycles. The van der Waals surface area contributed by atoms with Gasteiger partial charge >= 0.3 is 0 Å². The van der Waals surface area contributed by atoms with Gasteiger partial charge < -0.3 is 4.90 Å². The van der Waals surface area contributed by atoms with Crippen LogP contribution in [0.1, 0.15) is 0 Å². The van der Waals surface area contributed by atoms with E-state index in [0.717, 1.165) is 17.1 Å². The van der Waals surface area contributed by atoms with Gasteiger partial charge in [0, 0.05) is 17.1 Å². The van der Waals surface area contributed by atoms with Crippen molar-refractivity contribution in [3.8, 4) is 22.3 Å². The fourth-order valence-electron chi connectivity index (χ4n) is 9.52. The predicted molar refractivity (Wildman–Crippen MR) is 255 cm³/mol. The number of benzene rings is 12. The summed E-state index contributed by atoms with van der Waals surface area (Å²) < 4.78 is 0. The Hall–Kier alpha value is -7.74. The zero-order valence-electron chi connectivity index (χ0n) is 32.3. The third-order valence-electron chi connectivity index (χ3n) is 12.4. The monoisotopic (exact) mass is 747 g/mol. The van der Waals surface area contributed by atoms with Gasteiger partial charge in [0.05, 0.1) is 0 Å². The summed E-state index contributed by atoms with van der Waals surface area (Å²) in [5, 5.41) is 17.7. The highest BCUT2D eigenvalue weighted by molar-refractivity contribution is 6.26. The summed E-state index contributed by atoms with van der Waals surface area (Å²) in [5.74, 6) is 0. The summed E-state index contributed by atoms with van der Waals surface area (Å²) in [6.45, 7) is 0. The maximum Gasteiger partial charge on any atom is 0.0468 e. The van der Waals surface area contributed by atoms with Crippen LogP contribution in [0.15, 0.2) is 224 Å². The first-order valence-electron chi connectivity index (χ1n) is 20.4. The molecule has 1 nitrogen and oxygen atoms in total. The van der Waals surface area contributed by atoms with Crippen molar-refractivity contribution in [1.29, 1.82) is 0 Å². The largest absolute Gasteiger partial charge is 0.310 e. The molecule has 12 rings (SSSR count). The molecule has 0 amide bonds. The molecule has 0 saturated carbocycles. The van der Waals surface area contributed by atoms with E-state index in [2.05, 4.69) is 229 Å². The Morgan fingerprint density at radius 1 is 0.186 bits per heavy atom. The SMILES string of the molecule is c1cc(-c2ccc3c(ccc4ccccc43)c2)cc(N(c2cccc(-c3ccc4c(ccc5ccccc54)c3)c2)c2ccc3c4ccccc4c4ccccc4c3c2)c1. The lowest BCUT2D eigenvalue weighted by atomic mass is 9.93. The second kappa shape index (κ2) is 13.4. The van der Waals surface area contributed by atoms with Crippen LogP contribution >= 0.6 is 0 Å². The van der Waals surface area contributed by atoms with E-state index in [4.69, 9.17) is 0 Å². The van der Waals surface area contributed by atoms with Crippen LogP contribution in [0, 0.1) is 0 Å². The average molecular weight is 748 g/mol. The van der Waals surface area contributed by atoms with Crippen LogP contribution < -0.4 is 4.90 Å². The Morgan fingerprint density at radius 2 is 0.542 bits per heavy atom. The van der Waals surface area contributed by atoms with Gasteiger partial charge in [-0.05, 0) is 146 Å². The van der Waals surface area contributed by atoms with E-state index in [0.29, 0.717) is 0 Å². The zero-order chi connectivity index (χ0) is 38.9. The van der Waals surface area contributed by atoms with Crippen molar-refractivity contribution >= 4 is 92.5 Å². The van der Waals surface area contributed by atoms with E-state index in [1.165, 1.54) is 97.7 Å². The molecule has 12 aromatic rings. The Labute approximate surface area is 342 Å². The van der Waals surface area contributed by atoms with Crippen LogP contribution in [-0.4, -0.2) is 0 Å². The number of hydrogen-bond donors (Lipinski definition) is 0. The van der Waals surface area contributed by atoms with Crippen LogP contribution in [0.2, 0.25) is 0 Å². The van der Waals surface area contributed by atoms with Crippen molar-refractivity contribution in [1.82, 2.24) is 0 Å². The van der Waals surface area contributed by atoms with Gasteiger partial charge in [-0.25, -0.2) is 0 Å². The Bertz CT molecular complexity index is 3440. The van der Waals surface area contributed by atoms with Crippen molar-refractivity contribution in [2.45, 2.75) is 0 Å². The van der Waals surface area contributed by atoms with Gasteiger partial charge in [-0.3, -0.25) is 0 Å². The van der Waals surface area contributed by atoms with Gasteiger partial charge in [-0.2, -0.15) is 0 Å². The first-order chi connectivity index (χ1) is 29.2. The Morgan fingerprint density at radius 3 is 1.05 bits per heavy atom. The van der Waals surface area contributed by atoms with Crippen LogP contribution in [0.3, 0.4) is 0 Å². The third kappa shape index (κ3) is 5.55. The molecule has 0 heterocycles. The molecule has 0 atom stereocenters. The van der Waals surface area contributed by atoms with E-state index >= 15 is 0 Å². The summed E-state index contributed by atoms with van der Waals surface area (Å²) in [4.78, 5) is 2.43. The minimum Gasteiger partial charge on any atom is -0.310 e. The lowest BCUT2D eigenvalue weighted by Gasteiger charge is -2.27. The normalized spacial score (nSPS) is 11.7. The molecule has 274 valence electrons. The van der Waals surface area contributed by atoms with Gasteiger partial charge in [-0.15, -0.1) is 0 Å². The van der Waals surface area contributed by atoms with Gasteiger partial charge in [0.15, 0.2) is 0 Å². The maximum atomic E-state index is 2.43. The minimum atomic E-state index is 1.10. The summed E-state index contributed by atoms with van der Waals surface area (Å²) >= 11 is 0. The number of anilines is 3. The highest BCUT2D eigenvalue weighted by Gasteiger charge is 2.18. The van der Waals surface area contributed by atoms with Crippen LogP contribution in [0.4, 0.5) is 17.1 Å². The summed E-state index contributed by atoms with van der Waals surface area (Å²) in [5.41, 5.74) is 8.07. The highest BCUT2D eigenvalue weighted by Crippen LogP contribution is 2.43. The molecule has 0 radical (unpaired) electrons. The Balaban J connectivity index is 1.04. The van der Waals surface area contributed by atoms with Gasteiger partial charge in [0.25, 0.3) is 0 Å². The molecule has 0 aliphatic rings. The van der Waals surface area contributed by atoms with Crippen molar-refractivity contribution in [2.75, 3.05) is 4.90 Å². The topological polar surface area (TPSA) is 3.24 Å². The maximum absolute atomic E-state index is 2.43. The van der Waals surface area contributed by atoms with E-state index < -0.39 is 0 Å². The van der Waals surface area contributed by atoms with Crippen molar-refractivity contribution in [2.24, 2.45) is 0 Å². The highest BCUT2D eigenvalue weighted by atomic mass is 15.1. The minimum absolute atomic E-state index is 1.10. The number of hydrogen-bond acceptors (Lipinski definition) is 1. The molecule has 0 bridgehead atoms. The van der Waals surface area contributed by atoms with Crippen LogP contribution in [-0.2, 0) is 0 Å². The zero-order valence-corrected chi connectivity index (χ0v) is 32.3. The molecule has 0 saturated heterocycles. The lowest BCUT2D eigenvalue weighted by molar-refractivity contribution is 1.29. The predicted octanol–water partition coefficient (Wildman–Crippen LogP) is 16.6. The molecule has 0 fully saturated rings. The van der Waals surface area contributed by atoms with Crippen molar-refractivity contribution < 1.29 is 0 Å². The molecule has 0 aromatic heterocycles. The van der Waals surface area contributed by atoms with Gasteiger partial charge in [0.2, 0.25) is 0 Å². The number of nitrogens with zero attached hydrogens (tertiary/aromatic N) is 1. The van der Waals surface area contributed by atoms with Crippen LogP contribution in [0.5, 0.6) is 0 Å². The number of fused-ring (bicyclic) bond motifs is 12. The number of rotatable bonds is 5. The first-order valence-corrected chi connectivity index (χ1v) is 20.4. The fourth-order valence-corrected chi connectivity index (χ4v) is 9.52. The molecule has 0 N–H and O–H groups in total. The summed E-state index contributed by atoms with van der Waals surface area (Å²) in [7, 11) is 0. The molecular formula is C58H37N. The lowest BCUT2D eigenvalue weighted by Crippen LogP contribution is -2.10. The molecule has 1 heteroatoms. The van der Waals surface area contributed by atoms with Gasteiger partial charge in [-0.1, -0.05) is 176 Å². The standard InChI is InChI=1S/C58H37N/c1-3-17-49-38(11-1)23-25-44-33-42(27-30-51(44)49)40-13-9-15-46(35-40)59(48-29-32-57-55-21-6-5-19-53(55)54-20-7-8-22-56(54)58(57)37-48)47-16-10-14-41(36-47)43-28-31-52-45(34-43)26-24-39-12-2-4-18-50(39)52/h1-37H. The Kier molecular flexibility index (Phi) is 7.61. The molecule has 12 aromatic carbocycles. The second-order valence-corrected chi connectivity index (χ2v) is 15.7. The first kappa shape index (κ1) is 33.4. The summed E-state index contributed by atoms with van der Waals surface area (Å²) in [6.07, 6.45) is 0. The molecule has 0 spiro atoms. The smallest absolute Gasteiger partial charge is 0.0468 e. The third-order valence-corrected chi connectivity index (χ3v) is 12.4. The second-order valence-electron chi connectivity index (χ2n) is 15.7. The van der Waals surface area contributed by atoms with E-state index in [9.17, 15) is 0 Å². The molecule has 0 aliphatic carbocycles. The molecular weight excluding hydrogens is 711 g/mol. The fraction of sp³-hybridized carbons (Fsp3) is 0. The molecule has 0 unspecified atom stereocenters. The van der Waals surface area contributed by atoms with E-state index in [-0.39, 0.29) is 0 Å². The van der Waals surface area contributed by atoms with Crippen LogP contribution in [0.25, 0.3) is 97.7 Å². The van der Waals surface area contributed by atoms with E-state index in [1.807, 2.05) is 0 Å². The quantitative estimate of drug-likeness (QED) is 0.159. The van der Waals surface area contributed by atoms with Crippen molar-refractivity contribution in [3.63, 3.8) is 0 Å². The van der Waals surface area contributed by atoms with E-state index in [1.54, 1.807) is 0 Å².